The first kappa shape index (κ1) is 20.2. The molecule has 1 unspecified atom stereocenters. The first-order chi connectivity index (χ1) is 12.2. The van der Waals surface area contributed by atoms with E-state index in [0.717, 1.165) is 42.6 Å². The van der Waals surface area contributed by atoms with E-state index < -0.39 is 0 Å². The highest BCUT2D eigenvalue weighted by molar-refractivity contribution is 5.91. The van der Waals surface area contributed by atoms with Crippen molar-refractivity contribution >= 4 is 23.2 Å². The Morgan fingerprint density at radius 2 is 1.65 bits per heavy atom. The van der Waals surface area contributed by atoms with E-state index in [-0.39, 0.29) is 30.4 Å². The van der Waals surface area contributed by atoms with Crippen molar-refractivity contribution in [2.75, 3.05) is 56.7 Å². The minimum atomic E-state index is -0.262. The molecule has 2 amide bonds. The summed E-state index contributed by atoms with van der Waals surface area (Å²) in [5.41, 5.74) is 1.63. The summed E-state index contributed by atoms with van der Waals surface area (Å²) < 4.78 is 5.36. The van der Waals surface area contributed by atoms with Crippen LogP contribution in [0.4, 0.5) is 11.4 Å². The summed E-state index contributed by atoms with van der Waals surface area (Å²) in [7, 11) is 1.84. The van der Waals surface area contributed by atoms with Crippen molar-refractivity contribution in [2.45, 2.75) is 26.3 Å². The number of hydrogen-bond acceptors (Lipinski definition) is 4. The van der Waals surface area contributed by atoms with Crippen LogP contribution in [0.1, 0.15) is 20.8 Å². The molecule has 1 heterocycles. The van der Waals surface area contributed by atoms with Gasteiger partial charge in [0.15, 0.2) is 13.1 Å². The van der Waals surface area contributed by atoms with Gasteiger partial charge in [0.1, 0.15) is 0 Å². The lowest BCUT2D eigenvalue weighted by molar-refractivity contribution is -0.862. The third-order valence-corrected chi connectivity index (χ3v) is 3.97. The molecule has 1 aromatic rings. The highest BCUT2D eigenvalue weighted by Gasteiger charge is 2.19. The number of anilines is 2. The normalized spacial score (nSPS) is 16.1. The summed E-state index contributed by atoms with van der Waals surface area (Å²) in [6.45, 7) is 9.58. The Hall–Kier alpha value is -2.12. The Bertz CT molecular complexity index is 604. The van der Waals surface area contributed by atoms with E-state index in [1.54, 1.807) is 0 Å². The van der Waals surface area contributed by atoms with E-state index in [4.69, 9.17) is 4.74 Å². The molecule has 144 valence electrons. The van der Waals surface area contributed by atoms with Crippen molar-refractivity contribution in [3.05, 3.63) is 24.3 Å². The third-order valence-electron chi connectivity index (χ3n) is 3.97. The molecule has 1 aliphatic heterocycles. The fourth-order valence-electron chi connectivity index (χ4n) is 2.86. The SMILES string of the molecule is C[NH+](CC(=O)Nc1ccc(N2CCOCC2)cc1)CC(=O)NC(C)(C)C. The number of ether oxygens (including phenoxy) is 1. The molecule has 1 aromatic carbocycles. The zero-order valence-corrected chi connectivity index (χ0v) is 16.2. The summed E-state index contributed by atoms with van der Waals surface area (Å²) in [5.74, 6) is -0.164. The Kier molecular flexibility index (Phi) is 6.99. The molecule has 0 aliphatic carbocycles. The zero-order valence-electron chi connectivity index (χ0n) is 16.2. The van der Waals surface area contributed by atoms with Crippen molar-refractivity contribution in [3.8, 4) is 0 Å². The van der Waals surface area contributed by atoms with E-state index >= 15 is 0 Å². The molecule has 7 heteroatoms. The van der Waals surface area contributed by atoms with Crippen LogP contribution in [0.5, 0.6) is 0 Å². The molecule has 2 rings (SSSR count). The number of likely N-dealkylation sites (N-methyl/N-ethyl adjacent to an activating group) is 1. The second-order valence-corrected chi connectivity index (χ2v) is 7.80. The predicted octanol–water partition coefficient (Wildman–Crippen LogP) is -0.109. The summed E-state index contributed by atoms with van der Waals surface area (Å²) in [4.78, 5) is 27.2. The van der Waals surface area contributed by atoms with Crippen LogP contribution in [-0.2, 0) is 14.3 Å². The number of rotatable bonds is 6. The lowest BCUT2D eigenvalue weighted by atomic mass is 10.1. The van der Waals surface area contributed by atoms with Gasteiger partial charge in [-0.25, -0.2) is 0 Å². The average Bonchev–Trinajstić information content (AvgIpc) is 2.54. The van der Waals surface area contributed by atoms with Gasteiger partial charge >= 0.3 is 0 Å². The van der Waals surface area contributed by atoms with Gasteiger partial charge in [0.2, 0.25) is 0 Å². The molecular formula is C19H31N4O3+. The van der Waals surface area contributed by atoms with Crippen molar-refractivity contribution in [3.63, 3.8) is 0 Å². The van der Waals surface area contributed by atoms with Crippen LogP contribution < -0.4 is 20.4 Å². The van der Waals surface area contributed by atoms with E-state index in [9.17, 15) is 9.59 Å². The first-order valence-electron chi connectivity index (χ1n) is 9.08. The number of carbonyl (C=O) groups is 2. The summed E-state index contributed by atoms with van der Waals surface area (Å²) >= 11 is 0. The summed E-state index contributed by atoms with van der Waals surface area (Å²) in [5, 5.41) is 5.80. The van der Waals surface area contributed by atoms with Gasteiger partial charge in [-0.1, -0.05) is 0 Å². The molecule has 1 atom stereocenters. The monoisotopic (exact) mass is 363 g/mol. The van der Waals surface area contributed by atoms with Crippen LogP contribution >= 0.6 is 0 Å². The van der Waals surface area contributed by atoms with Crippen LogP contribution in [0.3, 0.4) is 0 Å². The smallest absolute Gasteiger partial charge is 0.279 e. The molecule has 0 spiro atoms. The second-order valence-electron chi connectivity index (χ2n) is 7.80. The van der Waals surface area contributed by atoms with Gasteiger partial charge in [-0.15, -0.1) is 0 Å². The lowest BCUT2D eigenvalue weighted by Crippen LogP contribution is -3.11. The number of nitrogens with zero attached hydrogens (tertiary/aromatic N) is 1. The summed E-state index contributed by atoms with van der Waals surface area (Å²) in [6, 6.07) is 7.83. The molecule has 0 radical (unpaired) electrons. The number of benzene rings is 1. The van der Waals surface area contributed by atoms with Crippen LogP contribution in [0.25, 0.3) is 0 Å². The molecule has 26 heavy (non-hydrogen) atoms. The van der Waals surface area contributed by atoms with Crippen molar-refractivity contribution in [2.24, 2.45) is 0 Å². The van der Waals surface area contributed by atoms with Crippen LogP contribution in [0.15, 0.2) is 24.3 Å². The van der Waals surface area contributed by atoms with E-state index in [0.29, 0.717) is 0 Å². The molecule has 0 bridgehead atoms. The highest BCUT2D eigenvalue weighted by Crippen LogP contribution is 2.18. The molecule has 3 N–H and O–H groups in total. The first-order valence-corrected chi connectivity index (χ1v) is 9.08. The van der Waals surface area contributed by atoms with Gasteiger partial charge in [0.05, 0.1) is 20.3 Å². The van der Waals surface area contributed by atoms with Gasteiger partial charge in [0.25, 0.3) is 11.8 Å². The minimum Gasteiger partial charge on any atom is -0.378 e. The molecule has 7 nitrogen and oxygen atoms in total. The van der Waals surface area contributed by atoms with Crippen molar-refractivity contribution in [1.82, 2.24) is 5.32 Å². The van der Waals surface area contributed by atoms with Crippen molar-refractivity contribution in [1.29, 1.82) is 0 Å². The van der Waals surface area contributed by atoms with E-state index in [1.165, 1.54) is 0 Å². The molecule has 0 aromatic heterocycles. The maximum Gasteiger partial charge on any atom is 0.279 e. The number of quaternary nitrogens is 1. The predicted molar refractivity (Wildman–Crippen MR) is 103 cm³/mol. The topological polar surface area (TPSA) is 75.1 Å². The zero-order chi connectivity index (χ0) is 19.2. The van der Waals surface area contributed by atoms with Crippen molar-refractivity contribution < 1.29 is 19.2 Å². The Balaban J connectivity index is 1.79. The number of amides is 2. The van der Waals surface area contributed by atoms with Gasteiger partial charge in [0, 0.05) is 30.0 Å². The Morgan fingerprint density at radius 1 is 1.08 bits per heavy atom. The quantitative estimate of drug-likeness (QED) is 0.659. The second kappa shape index (κ2) is 9.00. The lowest BCUT2D eigenvalue weighted by Gasteiger charge is -2.28. The van der Waals surface area contributed by atoms with E-state index in [1.807, 2.05) is 52.1 Å². The van der Waals surface area contributed by atoms with E-state index in [2.05, 4.69) is 15.5 Å². The third kappa shape index (κ3) is 7.01. The number of nitrogens with one attached hydrogen (secondary N) is 3. The standard InChI is InChI=1S/C19H30N4O3/c1-19(2,3)21-18(25)14-22(4)13-17(24)20-15-5-7-16(8-6-15)23-9-11-26-12-10-23/h5-8H,9-14H2,1-4H3,(H,20,24)(H,21,25)/p+1. The molecule has 1 saturated heterocycles. The van der Waals surface area contributed by atoms with Crippen LogP contribution in [0.2, 0.25) is 0 Å². The average molecular weight is 363 g/mol. The van der Waals surface area contributed by atoms with Gasteiger partial charge in [-0.3, -0.25) is 9.59 Å². The molecular weight excluding hydrogens is 332 g/mol. The molecule has 0 saturated carbocycles. The largest absolute Gasteiger partial charge is 0.378 e. The fraction of sp³-hybridized carbons (Fsp3) is 0.579. The number of carbonyl (C=O) groups excluding carboxylic acids is 2. The highest BCUT2D eigenvalue weighted by atomic mass is 16.5. The summed E-state index contributed by atoms with van der Waals surface area (Å²) in [6.07, 6.45) is 0. The fourth-order valence-corrected chi connectivity index (χ4v) is 2.86. The Morgan fingerprint density at radius 3 is 2.23 bits per heavy atom. The van der Waals surface area contributed by atoms with Crippen LogP contribution in [0, 0.1) is 0 Å². The van der Waals surface area contributed by atoms with Gasteiger partial charge in [-0.2, -0.15) is 0 Å². The Labute approximate surface area is 155 Å². The maximum atomic E-state index is 12.2. The number of hydrogen-bond donors (Lipinski definition) is 3. The van der Waals surface area contributed by atoms with Gasteiger partial charge < -0.3 is 25.2 Å². The number of morpholine rings is 1. The molecule has 1 aliphatic rings. The van der Waals surface area contributed by atoms with Gasteiger partial charge in [-0.05, 0) is 45.0 Å². The van der Waals surface area contributed by atoms with Crippen LogP contribution in [-0.4, -0.2) is 63.8 Å². The molecule has 1 fully saturated rings. The maximum absolute atomic E-state index is 12.2. The minimum absolute atomic E-state index is 0.0577.